The molecule has 1 N–H and O–H groups in total. The summed E-state index contributed by atoms with van der Waals surface area (Å²) in [7, 11) is 0. The van der Waals surface area contributed by atoms with Gasteiger partial charge >= 0.3 is 5.97 Å². The Morgan fingerprint density at radius 1 is 0.812 bits per heavy atom. The average molecular weight is 224 g/mol. The highest BCUT2D eigenvalue weighted by atomic mass is 16.4. The highest BCUT2D eigenvalue weighted by Gasteiger charge is 2.38. The van der Waals surface area contributed by atoms with Crippen molar-refractivity contribution in [3.8, 4) is 0 Å². The maximum atomic E-state index is 12.3. The number of hydrogen-bond donors (Lipinski definition) is 1. The number of hydrogen-bond acceptors (Lipinski definition) is 2. The van der Waals surface area contributed by atoms with Crippen LogP contribution in [0, 0.1) is 17.8 Å². The van der Waals surface area contributed by atoms with Crippen molar-refractivity contribution >= 4 is 11.8 Å². The minimum atomic E-state index is -0.768. The molecule has 2 saturated carbocycles. The van der Waals surface area contributed by atoms with Gasteiger partial charge in [-0.15, -0.1) is 0 Å². The van der Waals surface area contributed by atoms with Gasteiger partial charge in [0.15, 0.2) is 0 Å². The van der Waals surface area contributed by atoms with Crippen LogP contribution >= 0.6 is 0 Å². The number of carboxylic acids is 1. The summed E-state index contributed by atoms with van der Waals surface area (Å²) in [5.41, 5.74) is 0. The molecular weight excluding hydrogens is 204 g/mol. The van der Waals surface area contributed by atoms with E-state index < -0.39 is 11.9 Å². The summed E-state index contributed by atoms with van der Waals surface area (Å²) in [5, 5.41) is 9.15. The molecule has 0 aromatic carbocycles. The third kappa shape index (κ3) is 2.28. The fourth-order valence-corrected chi connectivity index (χ4v) is 3.28. The lowest BCUT2D eigenvalue weighted by Gasteiger charge is -2.29. The van der Waals surface area contributed by atoms with Gasteiger partial charge in [-0.1, -0.05) is 25.7 Å². The highest BCUT2D eigenvalue weighted by molar-refractivity contribution is 5.88. The molecule has 2 fully saturated rings. The third-order valence-corrected chi connectivity index (χ3v) is 4.21. The summed E-state index contributed by atoms with van der Waals surface area (Å²) < 4.78 is 0. The molecule has 0 radical (unpaired) electrons. The second-order valence-corrected chi connectivity index (χ2v) is 5.22. The lowest BCUT2D eigenvalue weighted by molar-refractivity contribution is -0.149. The molecule has 0 spiro atoms. The minimum Gasteiger partial charge on any atom is -0.481 e. The number of Topliss-reactive ketones (excluding diaryl/α,β-unsaturated/α-hetero) is 1. The standard InChI is InChI=1S/C13H20O3/c14-12(9-5-1-2-6-9)10-7-3-4-8-11(10)13(15)16/h9-11H,1-8H2,(H,15,16). The number of ketones is 1. The first-order chi connectivity index (χ1) is 7.70. The molecule has 16 heavy (non-hydrogen) atoms. The Kier molecular flexibility index (Phi) is 3.62. The molecular formula is C13H20O3. The van der Waals surface area contributed by atoms with E-state index in [9.17, 15) is 9.59 Å². The monoisotopic (exact) mass is 224 g/mol. The van der Waals surface area contributed by atoms with Gasteiger partial charge in [0, 0.05) is 11.8 Å². The molecule has 2 unspecified atom stereocenters. The fraction of sp³-hybridized carbons (Fsp3) is 0.846. The summed E-state index contributed by atoms with van der Waals surface area (Å²) >= 11 is 0. The number of carbonyl (C=O) groups is 2. The predicted octanol–water partition coefficient (Wildman–Crippen LogP) is 2.64. The van der Waals surface area contributed by atoms with E-state index in [0.717, 1.165) is 44.9 Å². The number of aliphatic carboxylic acids is 1. The molecule has 0 aliphatic heterocycles. The van der Waals surface area contributed by atoms with Crippen molar-refractivity contribution in [2.24, 2.45) is 17.8 Å². The van der Waals surface area contributed by atoms with Crippen molar-refractivity contribution in [3.05, 3.63) is 0 Å². The Labute approximate surface area is 96.2 Å². The van der Waals surface area contributed by atoms with E-state index in [0.29, 0.717) is 6.42 Å². The first-order valence-corrected chi connectivity index (χ1v) is 6.46. The van der Waals surface area contributed by atoms with Crippen LogP contribution in [0.5, 0.6) is 0 Å². The summed E-state index contributed by atoms with van der Waals surface area (Å²) in [6.07, 6.45) is 7.73. The number of carbonyl (C=O) groups excluding carboxylic acids is 1. The number of rotatable bonds is 3. The second kappa shape index (κ2) is 4.98. The molecule has 0 bridgehead atoms. The summed E-state index contributed by atoms with van der Waals surface area (Å²) in [6, 6.07) is 0. The molecule has 90 valence electrons. The first kappa shape index (κ1) is 11.6. The van der Waals surface area contributed by atoms with Crippen LogP contribution in [-0.4, -0.2) is 16.9 Å². The summed E-state index contributed by atoms with van der Waals surface area (Å²) in [4.78, 5) is 23.4. The van der Waals surface area contributed by atoms with E-state index in [1.54, 1.807) is 0 Å². The Morgan fingerprint density at radius 2 is 1.31 bits per heavy atom. The molecule has 2 aliphatic carbocycles. The van der Waals surface area contributed by atoms with E-state index in [1.165, 1.54) is 0 Å². The maximum absolute atomic E-state index is 12.3. The van der Waals surface area contributed by atoms with Gasteiger partial charge in [0.1, 0.15) is 5.78 Å². The molecule has 0 amide bonds. The van der Waals surface area contributed by atoms with Crippen molar-refractivity contribution in [3.63, 3.8) is 0 Å². The molecule has 2 aliphatic rings. The van der Waals surface area contributed by atoms with Crippen molar-refractivity contribution < 1.29 is 14.7 Å². The summed E-state index contributed by atoms with van der Waals surface area (Å²) in [6.45, 7) is 0. The Hall–Kier alpha value is -0.860. The van der Waals surface area contributed by atoms with Gasteiger partial charge in [0.05, 0.1) is 5.92 Å². The van der Waals surface area contributed by atoms with Crippen molar-refractivity contribution in [2.45, 2.75) is 51.4 Å². The predicted molar refractivity (Wildman–Crippen MR) is 60.0 cm³/mol. The highest BCUT2D eigenvalue weighted by Crippen LogP contribution is 2.36. The smallest absolute Gasteiger partial charge is 0.307 e. The quantitative estimate of drug-likeness (QED) is 0.801. The Balaban J connectivity index is 2.04. The van der Waals surface area contributed by atoms with Crippen LogP contribution in [0.15, 0.2) is 0 Å². The van der Waals surface area contributed by atoms with Crippen molar-refractivity contribution in [1.29, 1.82) is 0 Å². The molecule has 2 rings (SSSR count). The van der Waals surface area contributed by atoms with Crippen molar-refractivity contribution in [2.75, 3.05) is 0 Å². The van der Waals surface area contributed by atoms with Gasteiger partial charge in [-0.2, -0.15) is 0 Å². The van der Waals surface area contributed by atoms with E-state index in [4.69, 9.17) is 5.11 Å². The first-order valence-electron chi connectivity index (χ1n) is 6.46. The third-order valence-electron chi connectivity index (χ3n) is 4.21. The normalized spacial score (nSPS) is 31.5. The van der Waals surface area contributed by atoms with Crippen LogP contribution in [0.1, 0.15) is 51.4 Å². The van der Waals surface area contributed by atoms with Gasteiger partial charge in [0.2, 0.25) is 0 Å². The van der Waals surface area contributed by atoms with Gasteiger partial charge < -0.3 is 5.11 Å². The van der Waals surface area contributed by atoms with E-state index in [2.05, 4.69) is 0 Å². The average Bonchev–Trinajstić information content (AvgIpc) is 2.81. The zero-order valence-corrected chi connectivity index (χ0v) is 9.65. The zero-order chi connectivity index (χ0) is 11.5. The van der Waals surface area contributed by atoms with Crippen molar-refractivity contribution in [1.82, 2.24) is 0 Å². The molecule has 2 atom stereocenters. The lowest BCUT2D eigenvalue weighted by atomic mass is 9.74. The largest absolute Gasteiger partial charge is 0.481 e. The topological polar surface area (TPSA) is 54.4 Å². The van der Waals surface area contributed by atoms with Crippen LogP contribution in [0.3, 0.4) is 0 Å². The van der Waals surface area contributed by atoms with Crippen LogP contribution in [0.4, 0.5) is 0 Å². The Morgan fingerprint density at radius 3 is 1.88 bits per heavy atom. The molecule has 0 saturated heterocycles. The number of carboxylic acid groups (broad SMARTS) is 1. The molecule has 0 aromatic heterocycles. The minimum absolute atomic E-state index is 0.171. The second-order valence-electron chi connectivity index (χ2n) is 5.22. The molecule has 3 nitrogen and oxygen atoms in total. The van der Waals surface area contributed by atoms with Crippen LogP contribution in [0.25, 0.3) is 0 Å². The lowest BCUT2D eigenvalue weighted by Crippen LogP contribution is -2.35. The van der Waals surface area contributed by atoms with Crippen LogP contribution in [0.2, 0.25) is 0 Å². The van der Waals surface area contributed by atoms with E-state index in [1.807, 2.05) is 0 Å². The van der Waals surface area contributed by atoms with Gasteiger partial charge in [-0.25, -0.2) is 0 Å². The molecule has 3 heteroatoms. The SMILES string of the molecule is O=C(O)C1CCCCC1C(=O)C1CCCC1. The molecule has 0 heterocycles. The summed E-state index contributed by atoms with van der Waals surface area (Å²) in [5.74, 6) is -0.929. The molecule has 0 aromatic rings. The van der Waals surface area contributed by atoms with Gasteiger partial charge in [-0.3, -0.25) is 9.59 Å². The van der Waals surface area contributed by atoms with E-state index >= 15 is 0 Å². The van der Waals surface area contributed by atoms with E-state index in [-0.39, 0.29) is 17.6 Å². The van der Waals surface area contributed by atoms with Crippen LogP contribution in [-0.2, 0) is 9.59 Å². The zero-order valence-electron chi connectivity index (χ0n) is 9.65. The van der Waals surface area contributed by atoms with Crippen LogP contribution < -0.4 is 0 Å². The maximum Gasteiger partial charge on any atom is 0.307 e. The van der Waals surface area contributed by atoms with Gasteiger partial charge in [-0.05, 0) is 25.7 Å². The van der Waals surface area contributed by atoms with Gasteiger partial charge in [0.25, 0.3) is 0 Å². The fourth-order valence-electron chi connectivity index (χ4n) is 3.28. The Bertz CT molecular complexity index is 279.